The molecule has 5 heterocycles. The van der Waals surface area contributed by atoms with E-state index in [1.165, 1.54) is 23.0 Å². The molecule has 17 heteroatoms. The van der Waals surface area contributed by atoms with E-state index in [9.17, 15) is 13.8 Å². The highest BCUT2D eigenvalue weighted by Crippen LogP contribution is 2.58. The van der Waals surface area contributed by atoms with Crippen LogP contribution in [0.5, 0.6) is 5.88 Å². The van der Waals surface area contributed by atoms with Gasteiger partial charge in [0.1, 0.15) is 11.9 Å². The lowest BCUT2D eigenvalue weighted by Gasteiger charge is -2.30. The summed E-state index contributed by atoms with van der Waals surface area (Å²) in [5.41, 5.74) is 5.77. The summed E-state index contributed by atoms with van der Waals surface area (Å²) in [5.74, 6) is -0.298. The average Bonchev–Trinajstić information content (AvgIpc) is 3.53. The zero-order valence-corrected chi connectivity index (χ0v) is 23.7. The molecule has 3 aromatic rings. The third-order valence-corrected chi connectivity index (χ3v) is 8.85. The number of halogens is 2. The number of nitrogens with two attached hydrogens (primary N) is 1. The number of imidazole rings is 1. The molecular formula is C23H24BrFN5O9P. The Balaban J connectivity index is 1.24. The summed E-state index contributed by atoms with van der Waals surface area (Å²) in [6.07, 6.45) is -2.63. The Morgan fingerprint density at radius 1 is 1.35 bits per heavy atom. The third kappa shape index (κ3) is 4.72. The minimum Gasteiger partial charge on any atom is -0.476 e. The fourth-order valence-electron chi connectivity index (χ4n) is 4.96. The van der Waals surface area contributed by atoms with Crippen LogP contribution in [-0.2, 0) is 32.3 Å². The number of phosphoric ester groups is 1. The first-order valence-electron chi connectivity index (χ1n) is 12.3. The van der Waals surface area contributed by atoms with Gasteiger partial charge in [-0.1, -0.05) is 6.07 Å². The van der Waals surface area contributed by atoms with Gasteiger partial charge >= 0.3 is 14.0 Å². The molecule has 3 fully saturated rings. The largest absolute Gasteiger partial charge is 0.509 e. The van der Waals surface area contributed by atoms with Crippen molar-refractivity contribution in [3.05, 3.63) is 40.4 Å². The number of aromatic nitrogens is 4. The molecule has 14 nitrogen and oxygen atoms in total. The van der Waals surface area contributed by atoms with Crippen molar-refractivity contribution < 1.29 is 46.3 Å². The SMILES string of the molecule is CCOc1nc(N)nc2c1ncn2[C@@H]1O[C@H](CO[P@]2(=O)OCC[C@H](c3ccc(F)c(Br)c3)O2)[C@H]2OC(=O)O[C@]21C. The average molecular weight is 644 g/mol. The van der Waals surface area contributed by atoms with Crippen LogP contribution >= 0.6 is 23.8 Å². The van der Waals surface area contributed by atoms with Gasteiger partial charge < -0.3 is 24.7 Å². The van der Waals surface area contributed by atoms with Gasteiger partial charge in [-0.3, -0.25) is 18.1 Å². The van der Waals surface area contributed by atoms with Gasteiger partial charge in [-0.25, -0.2) is 18.7 Å². The molecule has 2 N–H and O–H groups in total. The first-order valence-corrected chi connectivity index (χ1v) is 14.6. The minimum atomic E-state index is -4.07. The maximum atomic E-state index is 13.7. The summed E-state index contributed by atoms with van der Waals surface area (Å²) >= 11 is 3.14. The van der Waals surface area contributed by atoms with Crippen LogP contribution in [0.25, 0.3) is 11.2 Å². The second kappa shape index (κ2) is 10.2. The Kier molecular flexibility index (Phi) is 6.95. The number of hydrogen-bond acceptors (Lipinski definition) is 13. The lowest BCUT2D eigenvalue weighted by molar-refractivity contribution is -0.0925. The van der Waals surface area contributed by atoms with Crippen molar-refractivity contribution in [2.75, 3.05) is 25.6 Å². The van der Waals surface area contributed by atoms with Gasteiger partial charge in [0.2, 0.25) is 11.8 Å². The maximum Gasteiger partial charge on any atom is 0.509 e. The number of nitrogen functional groups attached to an aromatic ring is 1. The zero-order chi connectivity index (χ0) is 28.2. The highest BCUT2D eigenvalue weighted by Gasteiger charge is 2.64. The monoisotopic (exact) mass is 643 g/mol. The van der Waals surface area contributed by atoms with E-state index < -0.39 is 49.9 Å². The van der Waals surface area contributed by atoms with Gasteiger partial charge in [-0.05, 0) is 47.5 Å². The van der Waals surface area contributed by atoms with Crippen molar-refractivity contribution in [3.8, 4) is 5.88 Å². The molecular weight excluding hydrogens is 620 g/mol. The van der Waals surface area contributed by atoms with E-state index in [-0.39, 0.29) is 35.2 Å². The molecule has 3 aliphatic rings. The Bertz CT molecular complexity index is 1530. The highest BCUT2D eigenvalue weighted by molar-refractivity contribution is 9.10. The van der Waals surface area contributed by atoms with E-state index in [2.05, 4.69) is 30.9 Å². The summed E-state index contributed by atoms with van der Waals surface area (Å²) in [4.78, 5) is 24.9. The van der Waals surface area contributed by atoms with Gasteiger partial charge in [0.15, 0.2) is 29.1 Å². The highest BCUT2D eigenvalue weighted by atomic mass is 79.9. The number of hydrogen-bond donors (Lipinski definition) is 1. The molecule has 2 aromatic heterocycles. The summed E-state index contributed by atoms with van der Waals surface area (Å²) in [7, 11) is -4.07. The van der Waals surface area contributed by atoms with Crippen molar-refractivity contribution in [1.82, 2.24) is 19.5 Å². The molecule has 3 aliphatic heterocycles. The number of rotatable bonds is 7. The first-order chi connectivity index (χ1) is 19.1. The van der Waals surface area contributed by atoms with Crippen LogP contribution in [0.4, 0.5) is 15.1 Å². The number of carbonyl (C=O) groups is 1. The molecule has 40 heavy (non-hydrogen) atoms. The van der Waals surface area contributed by atoms with Crippen LogP contribution in [-0.4, -0.2) is 63.3 Å². The van der Waals surface area contributed by atoms with E-state index >= 15 is 0 Å². The third-order valence-electron chi connectivity index (χ3n) is 6.76. The van der Waals surface area contributed by atoms with E-state index in [4.69, 9.17) is 38.3 Å². The standard InChI is InChI=1S/C23H24BrFN5O9P/c1-3-33-19-16-18(28-21(26)29-19)30(10-27-16)20-23(2)17(37-22(31)38-23)15(36-20)9-35-40(32)34-7-6-14(39-40)11-4-5-13(25)12(24)8-11/h4-5,8,10,14-15,17,20H,3,6-7,9H2,1-2H3,(H2,26,28,29)/t14-,15-,17-,20-,23-,40+/m1/s1. The lowest BCUT2D eigenvalue weighted by atomic mass is 9.96. The number of fused-ring (bicyclic) bond motifs is 2. The van der Waals surface area contributed by atoms with Crippen LogP contribution in [0.1, 0.15) is 38.2 Å². The second-order valence-electron chi connectivity index (χ2n) is 9.38. The number of benzene rings is 1. The molecule has 0 bridgehead atoms. The van der Waals surface area contributed by atoms with Crippen LogP contribution in [0, 0.1) is 5.82 Å². The van der Waals surface area contributed by atoms with Crippen LogP contribution in [0.15, 0.2) is 29.0 Å². The van der Waals surface area contributed by atoms with Crippen molar-refractivity contribution in [3.63, 3.8) is 0 Å². The van der Waals surface area contributed by atoms with Gasteiger partial charge in [0.25, 0.3) is 0 Å². The number of ether oxygens (including phenoxy) is 4. The molecule has 6 atom stereocenters. The summed E-state index contributed by atoms with van der Waals surface area (Å²) in [6.45, 7) is 3.49. The fraction of sp³-hybridized carbons (Fsp3) is 0.478. The normalized spacial score (nSPS) is 31.6. The maximum absolute atomic E-state index is 13.7. The summed E-state index contributed by atoms with van der Waals surface area (Å²) in [6, 6.07) is 4.36. The smallest absolute Gasteiger partial charge is 0.476 e. The molecule has 3 saturated heterocycles. The Labute approximate surface area is 234 Å². The van der Waals surface area contributed by atoms with Crippen molar-refractivity contribution >= 4 is 47.0 Å². The fourth-order valence-corrected chi connectivity index (χ4v) is 6.75. The van der Waals surface area contributed by atoms with Gasteiger partial charge in [-0.2, -0.15) is 9.97 Å². The minimum absolute atomic E-state index is 0.0515. The molecule has 6 rings (SSSR count). The Morgan fingerprint density at radius 3 is 2.95 bits per heavy atom. The van der Waals surface area contributed by atoms with Gasteiger partial charge in [-0.15, -0.1) is 0 Å². The Hall–Kier alpha value is -2.88. The summed E-state index contributed by atoms with van der Waals surface area (Å²) in [5, 5.41) is 0. The molecule has 1 aromatic carbocycles. The van der Waals surface area contributed by atoms with E-state index in [1.807, 2.05) is 0 Å². The molecule has 0 radical (unpaired) electrons. The van der Waals surface area contributed by atoms with Crippen LogP contribution < -0.4 is 10.5 Å². The van der Waals surface area contributed by atoms with Crippen LogP contribution in [0.2, 0.25) is 0 Å². The van der Waals surface area contributed by atoms with Crippen molar-refractivity contribution in [1.29, 1.82) is 0 Å². The predicted molar refractivity (Wildman–Crippen MR) is 137 cm³/mol. The van der Waals surface area contributed by atoms with Gasteiger partial charge in [0.05, 0.1) is 36.7 Å². The second-order valence-corrected chi connectivity index (χ2v) is 11.9. The number of phosphoric acid groups is 1. The predicted octanol–water partition coefficient (Wildman–Crippen LogP) is 4.20. The topological polar surface area (TPSA) is 168 Å². The van der Waals surface area contributed by atoms with Crippen molar-refractivity contribution in [2.45, 2.75) is 50.4 Å². The summed E-state index contributed by atoms with van der Waals surface area (Å²) < 4.78 is 68.3. The van der Waals surface area contributed by atoms with Crippen molar-refractivity contribution in [2.24, 2.45) is 0 Å². The number of carbonyl (C=O) groups excluding carboxylic acids is 1. The number of nitrogens with zero attached hydrogens (tertiary/aromatic N) is 4. The molecule has 0 unspecified atom stereocenters. The van der Waals surface area contributed by atoms with E-state index in [1.54, 1.807) is 19.9 Å². The molecule has 214 valence electrons. The lowest BCUT2D eigenvalue weighted by Crippen LogP contribution is -2.42. The molecule has 0 amide bonds. The zero-order valence-electron chi connectivity index (χ0n) is 21.2. The van der Waals surface area contributed by atoms with E-state index in [0.717, 1.165) is 0 Å². The number of anilines is 1. The molecule has 0 spiro atoms. The van der Waals surface area contributed by atoms with Gasteiger partial charge in [0, 0.05) is 6.42 Å². The molecule has 0 aliphatic carbocycles. The van der Waals surface area contributed by atoms with Crippen LogP contribution in [0.3, 0.4) is 0 Å². The van der Waals surface area contributed by atoms with E-state index in [0.29, 0.717) is 24.1 Å². The first kappa shape index (κ1) is 27.3. The quantitative estimate of drug-likeness (QED) is 0.287. The molecule has 0 saturated carbocycles. The Morgan fingerprint density at radius 2 is 2.17 bits per heavy atom.